The van der Waals surface area contributed by atoms with E-state index in [1.165, 1.54) is 27.5 Å². The van der Waals surface area contributed by atoms with Crippen LogP contribution in [0.5, 0.6) is 5.75 Å². The summed E-state index contributed by atoms with van der Waals surface area (Å²) in [5, 5.41) is 6.91. The molecule has 1 aliphatic heterocycles. The summed E-state index contributed by atoms with van der Waals surface area (Å²) in [5.41, 5.74) is 11.0. The van der Waals surface area contributed by atoms with Crippen molar-refractivity contribution in [1.82, 2.24) is 0 Å². The average Bonchev–Trinajstić information content (AvgIpc) is 3.81. The Bertz CT molecular complexity index is 2940. The molecule has 2 atom stereocenters. The van der Waals surface area contributed by atoms with Crippen molar-refractivity contribution in [2.45, 2.75) is 12.0 Å². The lowest BCUT2D eigenvalue weighted by atomic mass is 9.83. The van der Waals surface area contributed by atoms with Crippen LogP contribution in [0.25, 0.3) is 60.2 Å². The van der Waals surface area contributed by atoms with Gasteiger partial charge in [-0.3, -0.25) is 0 Å². The first-order chi connectivity index (χ1) is 26.3. The molecule has 53 heavy (non-hydrogen) atoms. The Balaban J connectivity index is 1.11. The van der Waals surface area contributed by atoms with E-state index in [4.69, 9.17) is 9.15 Å². The van der Waals surface area contributed by atoms with Gasteiger partial charge in [0.1, 0.15) is 23.0 Å². The number of fused-ring (bicyclic) bond motifs is 9. The minimum Gasteiger partial charge on any atom is -0.484 e. The quantitative estimate of drug-likeness (QED) is 0.181. The highest BCUT2D eigenvalue weighted by Crippen LogP contribution is 2.54. The number of nitrogens with zero attached hydrogens (tertiary/aromatic N) is 1. The number of hydrogen-bond acceptors (Lipinski definition) is 3. The van der Waals surface area contributed by atoms with Gasteiger partial charge in [-0.2, -0.15) is 0 Å². The largest absolute Gasteiger partial charge is 0.484 e. The molecule has 0 fully saturated rings. The molecular weight excluding hydrogens is 647 g/mol. The zero-order valence-corrected chi connectivity index (χ0v) is 28.8. The van der Waals surface area contributed by atoms with Crippen LogP contribution in [-0.4, -0.2) is 6.10 Å². The molecule has 3 nitrogen and oxygen atoms in total. The standard InChI is InChI=1S/C50H33NO2/c1-3-15-32(16-4-1)34-29-30-45(36-20-8-7-19-35(34)36)51(33-17-5-2-6-18-33)46-31-44-43-27-14-26-42(49(43)53-50(44)39-23-10-9-21-37(39)46)41-25-13-24-40-38-22-11-12-28-47(38)52-48(40)41/h1-31,43,49H. The number of hydrogen-bond donors (Lipinski definition) is 0. The van der Waals surface area contributed by atoms with Crippen molar-refractivity contribution in [1.29, 1.82) is 0 Å². The third kappa shape index (κ3) is 4.60. The summed E-state index contributed by atoms with van der Waals surface area (Å²) < 4.78 is 13.6. The molecule has 2 unspecified atom stereocenters. The van der Waals surface area contributed by atoms with Crippen molar-refractivity contribution in [3.05, 3.63) is 199 Å². The smallest absolute Gasteiger partial charge is 0.143 e. The summed E-state index contributed by atoms with van der Waals surface area (Å²) in [5.74, 6) is 0.980. The number of benzene rings is 8. The lowest BCUT2D eigenvalue weighted by Gasteiger charge is -2.29. The average molecular weight is 680 g/mol. The van der Waals surface area contributed by atoms with E-state index in [0.717, 1.165) is 66.7 Å². The van der Waals surface area contributed by atoms with E-state index < -0.39 is 0 Å². The van der Waals surface area contributed by atoms with E-state index in [1.54, 1.807) is 0 Å². The van der Waals surface area contributed by atoms with Crippen molar-refractivity contribution in [2.75, 3.05) is 4.90 Å². The summed E-state index contributed by atoms with van der Waals surface area (Å²) in [6.07, 6.45) is 6.50. The number of furan rings is 1. The molecule has 8 aromatic carbocycles. The van der Waals surface area contributed by atoms with Gasteiger partial charge in [-0.15, -0.1) is 0 Å². The number of para-hydroxylation sites is 3. The molecule has 250 valence electrons. The van der Waals surface area contributed by atoms with E-state index in [0.29, 0.717) is 0 Å². The Hall–Kier alpha value is -6.84. The molecule has 2 heterocycles. The van der Waals surface area contributed by atoms with Crippen LogP contribution in [0.4, 0.5) is 17.1 Å². The third-order valence-corrected chi connectivity index (χ3v) is 11.0. The van der Waals surface area contributed by atoms with Gasteiger partial charge >= 0.3 is 0 Å². The molecule has 0 saturated carbocycles. The molecule has 11 rings (SSSR count). The monoisotopic (exact) mass is 679 g/mol. The van der Waals surface area contributed by atoms with E-state index in [2.05, 4.69) is 181 Å². The fraction of sp³-hybridized carbons (Fsp3) is 0.0400. The summed E-state index contributed by atoms with van der Waals surface area (Å²) in [7, 11) is 0. The molecular formula is C50H33NO2. The van der Waals surface area contributed by atoms with Gasteiger partial charge in [0.25, 0.3) is 0 Å². The second-order valence-corrected chi connectivity index (χ2v) is 13.9. The highest BCUT2D eigenvalue weighted by atomic mass is 16.5. The molecule has 0 saturated heterocycles. The first-order valence-electron chi connectivity index (χ1n) is 18.3. The van der Waals surface area contributed by atoms with Gasteiger partial charge in [-0.1, -0.05) is 158 Å². The van der Waals surface area contributed by atoms with Crippen LogP contribution in [-0.2, 0) is 0 Å². The molecule has 0 bridgehead atoms. The maximum absolute atomic E-state index is 7.12. The Labute approximate surface area is 307 Å². The Morgan fingerprint density at radius 3 is 1.96 bits per heavy atom. The van der Waals surface area contributed by atoms with Gasteiger partial charge < -0.3 is 14.1 Å². The lowest BCUT2D eigenvalue weighted by Crippen LogP contribution is -2.21. The Morgan fingerprint density at radius 1 is 0.491 bits per heavy atom. The van der Waals surface area contributed by atoms with Gasteiger partial charge in [0.15, 0.2) is 0 Å². The van der Waals surface area contributed by atoms with E-state index in [1.807, 2.05) is 12.1 Å². The van der Waals surface area contributed by atoms with Crippen LogP contribution in [0.15, 0.2) is 193 Å². The van der Waals surface area contributed by atoms with Crippen molar-refractivity contribution >= 4 is 66.1 Å². The minimum absolute atomic E-state index is 0.0304. The molecule has 0 spiro atoms. The summed E-state index contributed by atoms with van der Waals surface area (Å²) in [6, 6.07) is 60.6. The van der Waals surface area contributed by atoms with Gasteiger partial charge in [-0.05, 0) is 46.8 Å². The van der Waals surface area contributed by atoms with Crippen molar-refractivity contribution in [3.63, 3.8) is 0 Å². The fourth-order valence-corrected chi connectivity index (χ4v) is 8.66. The Kier molecular flexibility index (Phi) is 6.68. The van der Waals surface area contributed by atoms with Crippen LogP contribution in [0, 0.1) is 0 Å². The second-order valence-electron chi connectivity index (χ2n) is 13.9. The van der Waals surface area contributed by atoms with E-state index in [-0.39, 0.29) is 12.0 Å². The normalized spacial score (nSPS) is 16.1. The minimum atomic E-state index is -0.191. The summed E-state index contributed by atoms with van der Waals surface area (Å²) in [6.45, 7) is 0. The molecule has 1 aliphatic carbocycles. The van der Waals surface area contributed by atoms with Gasteiger partial charge in [0.05, 0.1) is 11.4 Å². The third-order valence-electron chi connectivity index (χ3n) is 11.0. The lowest BCUT2D eigenvalue weighted by molar-refractivity contribution is 0.281. The Morgan fingerprint density at radius 2 is 1.15 bits per heavy atom. The fourth-order valence-electron chi connectivity index (χ4n) is 8.66. The van der Waals surface area contributed by atoms with Crippen molar-refractivity contribution < 1.29 is 9.15 Å². The molecule has 2 aliphatic rings. The van der Waals surface area contributed by atoms with E-state index in [9.17, 15) is 0 Å². The second kappa shape index (κ2) is 11.9. The SMILES string of the molecule is C1=CC2c3cc(N(c4ccccc4)c4ccc(-c5ccccc5)c5ccccc45)c4ccccc4c3OC2C(c2cccc3c2oc2ccccc23)=C1. The van der Waals surface area contributed by atoms with Gasteiger partial charge in [0.2, 0.25) is 0 Å². The van der Waals surface area contributed by atoms with Crippen LogP contribution in [0.2, 0.25) is 0 Å². The van der Waals surface area contributed by atoms with Crippen molar-refractivity contribution in [2.24, 2.45) is 0 Å². The molecule has 0 N–H and O–H groups in total. The van der Waals surface area contributed by atoms with Crippen LogP contribution in [0.1, 0.15) is 17.0 Å². The molecule has 0 radical (unpaired) electrons. The van der Waals surface area contributed by atoms with Gasteiger partial charge in [-0.25, -0.2) is 0 Å². The number of allylic oxidation sites excluding steroid dienone is 2. The first kappa shape index (κ1) is 29.8. The number of anilines is 3. The summed E-state index contributed by atoms with van der Waals surface area (Å²) >= 11 is 0. The van der Waals surface area contributed by atoms with E-state index >= 15 is 0 Å². The zero-order valence-electron chi connectivity index (χ0n) is 28.8. The first-order valence-corrected chi connectivity index (χ1v) is 18.3. The number of rotatable bonds is 5. The van der Waals surface area contributed by atoms with Gasteiger partial charge in [0, 0.05) is 55.2 Å². The molecule has 9 aromatic rings. The number of ether oxygens (including phenoxy) is 1. The molecule has 3 heteroatoms. The highest BCUT2D eigenvalue weighted by Gasteiger charge is 2.40. The topological polar surface area (TPSA) is 25.6 Å². The highest BCUT2D eigenvalue weighted by molar-refractivity contribution is 6.11. The van der Waals surface area contributed by atoms with Crippen LogP contribution in [0.3, 0.4) is 0 Å². The maximum Gasteiger partial charge on any atom is 0.143 e. The zero-order chi connectivity index (χ0) is 34.9. The molecule has 0 amide bonds. The summed E-state index contributed by atoms with van der Waals surface area (Å²) in [4.78, 5) is 2.44. The maximum atomic E-state index is 7.12. The molecule has 1 aromatic heterocycles. The van der Waals surface area contributed by atoms with Crippen LogP contribution >= 0.6 is 0 Å². The van der Waals surface area contributed by atoms with Crippen LogP contribution < -0.4 is 9.64 Å². The predicted molar refractivity (Wildman–Crippen MR) is 220 cm³/mol. The predicted octanol–water partition coefficient (Wildman–Crippen LogP) is 13.5. The van der Waals surface area contributed by atoms with Crippen molar-refractivity contribution in [3.8, 4) is 16.9 Å².